The molecular formula is C17H17N3O4. The molecule has 1 aromatic carbocycles. The second kappa shape index (κ2) is 6.09. The minimum Gasteiger partial charge on any atom is -0.454 e. The van der Waals surface area contributed by atoms with E-state index < -0.39 is 0 Å². The molecule has 0 radical (unpaired) electrons. The quantitative estimate of drug-likeness (QED) is 0.836. The predicted molar refractivity (Wildman–Crippen MR) is 83.9 cm³/mol. The van der Waals surface area contributed by atoms with Crippen LogP contribution in [0.15, 0.2) is 30.5 Å². The third kappa shape index (κ3) is 2.78. The smallest absolute Gasteiger partial charge is 0.254 e. The Kier molecular flexibility index (Phi) is 3.78. The molecule has 1 atom stereocenters. The van der Waals surface area contributed by atoms with Gasteiger partial charge in [-0.1, -0.05) is 0 Å². The van der Waals surface area contributed by atoms with Crippen LogP contribution in [0.3, 0.4) is 0 Å². The average Bonchev–Trinajstić information content (AvgIpc) is 3.09. The third-order valence-electron chi connectivity index (χ3n) is 4.07. The van der Waals surface area contributed by atoms with Gasteiger partial charge in [-0.2, -0.15) is 0 Å². The molecule has 0 bridgehead atoms. The lowest BCUT2D eigenvalue weighted by atomic mass is 10.1. The van der Waals surface area contributed by atoms with Crippen LogP contribution in [0.4, 0.5) is 0 Å². The van der Waals surface area contributed by atoms with Crippen LogP contribution in [0, 0.1) is 6.92 Å². The highest BCUT2D eigenvalue weighted by Crippen LogP contribution is 2.33. The zero-order valence-electron chi connectivity index (χ0n) is 13.3. The van der Waals surface area contributed by atoms with E-state index in [0.717, 1.165) is 5.69 Å². The van der Waals surface area contributed by atoms with E-state index in [-0.39, 0.29) is 18.8 Å². The highest BCUT2D eigenvalue weighted by molar-refractivity contribution is 5.95. The van der Waals surface area contributed by atoms with E-state index in [9.17, 15) is 4.79 Å². The van der Waals surface area contributed by atoms with Crippen molar-refractivity contribution in [2.45, 2.75) is 13.0 Å². The molecule has 3 heterocycles. The number of carbonyl (C=O) groups excluding carboxylic acids is 1. The molecule has 1 aromatic heterocycles. The van der Waals surface area contributed by atoms with Crippen LogP contribution in [0.1, 0.15) is 28.0 Å². The summed E-state index contributed by atoms with van der Waals surface area (Å²) in [6, 6.07) is 7.07. The molecule has 0 unspecified atom stereocenters. The zero-order valence-corrected chi connectivity index (χ0v) is 13.3. The van der Waals surface area contributed by atoms with Gasteiger partial charge < -0.3 is 19.1 Å². The van der Waals surface area contributed by atoms with Gasteiger partial charge in [0.05, 0.1) is 13.2 Å². The summed E-state index contributed by atoms with van der Waals surface area (Å²) in [5, 5.41) is 0. The molecule has 1 fully saturated rings. The number of amides is 1. The standard InChI is InChI=1S/C17H17N3O4/c1-11-4-5-18-16(19-11)15-9-20(6-7-22-15)17(21)12-2-3-13-14(8-12)24-10-23-13/h2-5,8,15H,6-7,9-10H2,1H3/t15-/m1/s1. The molecule has 2 aliphatic heterocycles. The Morgan fingerprint density at radius 1 is 1.25 bits per heavy atom. The number of carbonyl (C=O) groups is 1. The summed E-state index contributed by atoms with van der Waals surface area (Å²) >= 11 is 0. The fraction of sp³-hybridized carbons (Fsp3) is 0.353. The van der Waals surface area contributed by atoms with Gasteiger partial charge in [-0.3, -0.25) is 4.79 Å². The van der Waals surface area contributed by atoms with Crippen molar-refractivity contribution in [2.75, 3.05) is 26.5 Å². The molecule has 4 rings (SSSR count). The van der Waals surface area contributed by atoms with Crippen LogP contribution >= 0.6 is 0 Å². The number of aromatic nitrogens is 2. The highest BCUT2D eigenvalue weighted by Gasteiger charge is 2.28. The first-order valence-corrected chi connectivity index (χ1v) is 7.81. The maximum absolute atomic E-state index is 12.8. The Balaban J connectivity index is 1.52. The number of ether oxygens (including phenoxy) is 3. The first-order chi connectivity index (χ1) is 11.7. The van der Waals surface area contributed by atoms with Gasteiger partial charge in [-0.15, -0.1) is 0 Å². The number of nitrogens with zero attached hydrogens (tertiary/aromatic N) is 3. The zero-order chi connectivity index (χ0) is 16.5. The lowest BCUT2D eigenvalue weighted by Crippen LogP contribution is -2.42. The minimum atomic E-state index is -0.309. The second-order valence-electron chi connectivity index (χ2n) is 5.73. The molecule has 1 amide bonds. The molecule has 124 valence electrons. The van der Waals surface area contributed by atoms with Gasteiger partial charge in [-0.05, 0) is 31.2 Å². The van der Waals surface area contributed by atoms with E-state index in [1.54, 1.807) is 29.3 Å². The number of rotatable bonds is 2. The molecule has 0 spiro atoms. The van der Waals surface area contributed by atoms with Crippen molar-refractivity contribution >= 4 is 5.91 Å². The van der Waals surface area contributed by atoms with Crippen LogP contribution in [-0.2, 0) is 4.74 Å². The van der Waals surface area contributed by atoms with E-state index in [1.807, 2.05) is 13.0 Å². The highest BCUT2D eigenvalue weighted by atomic mass is 16.7. The fourth-order valence-electron chi connectivity index (χ4n) is 2.83. The Labute approximate surface area is 139 Å². The van der Waals surface area contributed by atoms with Crippen molar-refractivity contribution in [1.29, 1.82) is 0 Å². The molecule has 24 heavy (non-hydrogen) atoms. The molecular weight excluding hydrogens is 310 g/mol. The van der Waals surface area contributed by atoms with Crippen molar-refractivity contribution < 1.29 is 19.0 Å². The summed E-state index contributed by atoms with van der Waals surface area (Å²) < 4.78 is 16.4. The molecule has 7 nitrogen and oxygen atoms in total. The van der Waals surface area contributed by atoms with Crippen LogP contribution in [0.25, 0.3) is 0 Å². The number of morpholine rings is 1. The monoisotopic (exact) mass is 327 g/mol. The van der Waals surface area contributed by atoms with Crippen molar-refractivity contribution in [1.82, 2.24) is 14.9 Å². The average molecular weight is 327 g/mol. The van der Waals surface area contributed by atoms with Crippen molar-refractivity contribution in [3.63, 3.8) is 0 Å². The van der Waals surface area contributed by atoms with Gasteiger partial charge in [0.1, 0.15) is 6.10 Å². The molecule has 2 aromatic rings. The van der Waals surface area contributed by atoms with Crippen LogP contribution in [0.5, 0.6) is 11.5 Å². The Hall–Kier alpha value is -2.67. The number of benzene rings is 1. The van der Waals surface area contributed by atoms with E-state index in [0.29, 0.717) is 42.6 Å². The summed E-state index contributed by atoms with van der Waals surface area (Å²) in [6.45, 7) is 3.52. The molecule has 0 saturated carbocycles. The Bertz CT molecular complexity index is 780. The maximum Gasteiger partial charge on any atom is 0.254 e. The van der Waals surface area contributed by atoms with Crippen LogP contribution in [0.2, 0.25) is 0 Å². The summed E-state index contributed by atoms with van der Waals surface area (Å²) in [5.41, 5.74) is 1.45. The second-order valence-corrected chi connectivity index (χ2v) is 5.73. The Morgan fingerprint density at radius 2 is 2.12 bits per heavy atom. The van der Waals surface area contributed by atoms with Crippen molar-refractivity contribution in [3.8, 4) is 11.5 Å². The van der Waals surface area contributed by atoms with Gasteiger partial charge in [0.15, 0.2) is 17.3 Å². The molecule has 7 heteroatoms. The normalized spacial score (nSPS) is 19.4. The fourth-order valence-corrected chi connectivity index (χ4v) is 2.83. The summed E-state index contributed by atoms with van der Waals surface area (Å²) in [6.07, 6.45) is 1.40. The molecule has 0 aliphatic carbocycles. The molecule has 0 N–H and O–H groups in total. The number of fused-ring (bicyclic) bond motifs is 1. The molecule has 2 aliphatic rings. The van der Waals surface area contributed by atoms with Gasteiger partial charge in [0, 0.05) is 24.0 Å². The van der Waals surface area contributed by atoms with Gasteiger partial charge in [0.2, 0.25) is 6.79 Å². The lowest BCUT2D eigenvalue weighted by molar-refractivity contribution is -0.0268. The van der Waals surface area contributed by atoms with E-state index in [4.69, 9.17) is 14.2 Å². The van der Waals surface area contributed by atoms with Crippen molar-refractivity contribution in [2.24, 2.45) is 0 Å². The number of hydrogen-bond donors (Lipinski definition) is 0. The largest absolute Gasteiger partial charge is 0.454 e. The van der Waals surface area contributed by atoms with E-state index in [1.165, 1.54) is 0 Å². The number of hydrogen-bond acceptors (Lipinski definition) is 6. The van der Waals surface area contributed by atoms with E-state index in [2.05, 4.69) is 9.97 Å². The van der Waals surface area contributed by atoms with Gasteiger partial charge >= 0.3 is 0 Å². The van der Waals surface area contributed by atoms with Gasteiger partial charge in [-0.25, -0.2) is 9.97 Å². The third-order valence-corrected chi connectivity index (χ3v) is 4.07. The van der Waals surface area contributed by atoms with Gasteiger partial charge in [0.25, 0.3) is 5.91 Å². The summed E-state index contributed by atoms with van der Waals surface area (Å²) in [4.78, 5) is 23.2. The summed E-state index contributed by atoms with van der Waals surface area (Å²) in [5.74, 6) is 1.82. The molecule has 1 saturated heterocycles. The predicted octanol–water partition coefficient (Wildman–Crippen LogP) is 1.73. The topological polar surface area (TPSA) is 73.8 Å². The maximum atomic E-state index is 12.8. The Morgan fingerprint density at radius 3 is 3.00 bits per heavy atom. The van der Waals surface area contributed by atoms with Crippen LogP contribution < -0.4 is 9.47 Å². The summed E-state index contributed by atoms with van der Waals surface area (Å²) in [7, 11) is 0. The van der Waals surface area contributed by atoms with Crippen molar-refractivity contribution in [3.05, 3.63) is 47.5 Å². The lowest BCUT2D eigenvalue weighted by Gasteiger charge is -2.32. The van der Waals surface area contributed by atoms with Crippen LogP contribution in [-0.4, -0.2) is 47.3 Å². The SMILES string of the molecule is Cc1ccnc([C@H]2CN(C(=O)c3ccc4c(c3)OCO4)CCO2)n1. The van der Waals surface area contributed by atoms with E-state index >= 15 is 0 Å². The number of aryl methyl sites for hydroxylation is 1. The first-order valence-electron chi connectivity index (χ1n) is 7.81. The first kappa shape index (κ1) is 14.9. The minimum absolute atomic E-state index is 0.0609.